The average molecular weight is 384 g/mol. The number of carbonyl (C=O) groups is 2. The van der Waals surface area contributed by atoms with Gasteiger partial charge in [-0.15, -0.1) is 0 Å². The van der Waals surface area contributed by atoms with Gasteiger partial charge in [0.05, 0.1) is 11.1 Å². The Hall–Kier alpha value is -3.05. The lowest BCUT2D eigenvalue weighted by atomic mass is 9.91. The highest BCUT2D eigenvalue weighted by Gasteiger charge is 2.30. The highest BCUT2D eigenvalue weighted by molar-refractivity contribution is 6.26. The molecular weight excluding hydrogens is 366 g/mol. The van der Waals surface area contributed by atoms with Crippen molar-refractivity contribution in [3.05, 3.63) is 88.5 Å². The van der Waals surface area contributed by atoms with E-state index in [1.54, 1.807) is 6.08 Å². The number of rotatable bonds is 5. The largest absolute Gasteiger partial charge is 0.478 e. The Morgan fingerprint density at radius 1 is 1.07 bits per heavy atom. The molecule has 1 heterocycles. The summed E-state index contributed by atoms with van der Waals surface area (Å²) in [6.07, 6.45) is 5.66. The molecule has 0 saturated carbocycles. The van der Waals surface area contributed by atoms with E-state index in [2.05, 4.69) is 5.32 Å². The topological polar surface area (TPSA) is 86.6 Å². The monoisotopic (exact) mass is 383 g/mol. The molecule has 0 aromatic heterocycles. The maximum atomic E-state index is 11.8. The second-order valence-electron chi connectivity index (χ2n) is 6.35. The zero-order chi connectivity index (χ0) is 19.6. The fourth-order valence-corrected chi connectivity index (χ4v) is 3.53. The highest BCUT2D eigenvalue weighted by atomic mass is 35.5. The molecule has 0 saturated heterocycles. The lowest BCUT2D eigenvalue weighted by molar-refractivity contribution is 0.0694. The molecule has 5 nitrogen and oxygen atoms in total. The molecule has 1 atom stereocenters. The summed E-state index contributed by atoms with van der Waals surface area (Å²) in [5, 5.41) is 22.1. The Balaban J connectivity index is 1.94. The number of allylic oxidation sites excluding steroid dienone is 2. The molecule has 0 fully saturated rings. The van der Waals surface area contributed by atoms with Crippen LogP contribution in [0.15, 0.2) is 60.7 Å². The van der Waals surface area contributed by atoms with Crippen LogP contribution in [0.25, 0.3) is 5.70 Å². The molecule has 0 aliphatic carbocycles. The van der Waals surface area contributed by atoms with Gasteiger partial charge < -0.3 is 15.5 Å². The quantitative estimate of drug-likeness (QED) is 0.535. The van der Waals surface area contributed by atoms with E-state index in [0.717, 1.165) is 11.3 Å². The zero-order valence-electron chi connectivity index (χ0n) is 14.6. The number of halogens is 1. The van der Waals surface area contributed by atoms with Crippen LogP contribution in [0.4, 0.5) is 0 Å². The van der Waals surface area contributed by atoms with Crippen molar-refractivity contribution in [3.8, 4) is 0 Å². The van der Waals surface area contributed by atoms with Crippen LogP contribution >= 0.6 is 11.6 Å². The first-order valence-corrected chi connectivity index (χ1v) is 8.69. The van der Waals surface area contributed by atoms with Crippen LogP contribution in [0.1, 0.15) is 37.4 Å². The Bertz CT molecular complexity index is 966. The minimum Gasteiger partial charge on any atom is -0.478 e. The normalized spacial score (nSPS) is 18.5. The number of alkyl halides is 1. The highest BCUT2D eigenvalue weighted by Crippen LogP contribution is 2.30. The second-order valence-corrected chi connectivity index (χ2v) is 7.03. The summed E-state index contributed by atoms with van der Waals surface area (Å²) in [4.78, 5) is 22.0. The summed E-state index contributed by atoms with van der Waals surface area (Å²) >= 11 is 6.74. The van der Waals surface area contributed by atoms with Crippen LogP contribution in [0.5, 0.6) is 0 Å². The van der Waals surface area contributed by atoms with Gasteiger partial charge in [0.1, 0.15) is 5.00 Å². The van der Waals surface area contributed by atoms with Crippen molar-refractivity contribution >= 4 is 29.2 Å². The SMILES string of the molecule is Cc1c(C(=O)O)ccc(CC2(Cl)C=CC=C(c3ccccc3)N2)c1C(=O)O. The molecule has 3 N–H and O–H groups in total. The van der Waals surface area contributed by atoms with E-state index in [1.807, 2.05) is 42.5 Å². The summed E-state index contributed by atoms with van der Waals surface area (Å²) in [6.45, 7) is 1.50. The van der Waals surface area contributed by atoms with Gasteiger partial charge in [-0.2, -0.15) is 0 Å². The number of benzene rings is 2. The Labute approximate surface area is 161 Å². The molecule has 0 amide bonds. The average Bonchev–Trinajstić information content (AvgIpc) is 2.61. The fourth-order valence-electron chi connectivity index (χ4n) is 3.21. The molecule has 0 bridgehead atoms. The van der Waals surface area contributed by atoms with Crippen molar-refractivity contribution in [2.75, 3.05) is 0 Å². The van der Waals surface area contributed by atoms with Gasteiger partial charge in [0.15, 0.2) is 0 Å². The third-order valence-electron chi connectivity index (χ3n) is 4.49. The Morgan fingerprint density at radius 3 is 2.41 bits per heavy atom. The van der Waals surface area contributed by atoms with Gasteiger partial charge in [0.25, 0.3) is 0 Å². The van der Waals surface area contributed by atoms with Gasteiger partial charge in [0, 0.05) is 12.1 Å². The van der Waals surface area contributed by atoms with E-state index in [0.29, 0.717) is 5.56 Å². The molecule has 1 aliphatic heterocycles. The first-order chi connectivity index (χ1) is 12.8. The second kappa shape index (κ2) is 7.29. The molecule has 6 heteroatoms. The van der Waals surface area contributed by atoms with Crippen molar-refractivity contribution < 1.29 is 19.8 Å². The summed E-state index contributed by atoms with van der Waals surface area (Å²) in [5.74, 6) is -2.34. The molecule has 138 valence electrons. The standard InChI is InChI=1S/C21H18ClNO4/c1-13-16(19(24)25)10-9-15(18(13)20(26)27)12-21(22)11-5-8-17(23-21)14-6-3-2-4-7-14/h2-11,23H,12H2,1H3,(H,24,25)(H,26,27). The van der Waals surface area contributed by atoms with Crippen molar-refractivity contribution in [1.29, 1.82) is 0 Å². The van der Waals surface area contributed by atoms with Crippen LogP contribution < -0.4 is 5.32 Å². The minimum absolute atomic E-state index is 0.0269. The Morgan fingerprint density at radius 2 is 1.78 bits per heavy atom. The van der Waals surface area contributed by atoms with Crippen molar-refractivity contribution in [3.63, 3.8) is 0 Å². The zero-order valence-corrected chi connectivity index (χ0v) is 15.3. The lowest BCUT2D eigenvalue weighted by Gasteiger charge is -2.31. The van der Waals surface area contributed by atoms with Crippen LogP contribution in [-0.2, 0) is 6.42 Å². The molecule has 1 aliphatic rings. The van der Waals surface area contributed by atoms with Gasteiger partial charge >= 0.3 is 11.9 Å². The minimum atomic E-state index is -1.18. The van der Waals surface area contributed by atoms with E-state index in [4.69, 9.17) is 11.6 Å². The third kappa shape index (κ3) is 3.88. The first-order valence-electron chi connectivity index (χ1n) is 8.32. The molecule has 0 spiro atoms. The molecule has 27 heavy (non-hydrogen) atoms. The third-order valence-corrected chi connectivity index (χ3v) is 4.85. The molecular formula is C21H18ClNO4. The molecule has 2 aromatic rings. The van der Waals surface area contributed by atoms with Crippen molar-refractivity contribution in [1.82, 2.24) is 5.32 Å². The van der Waals surface area contributed by atoms with Crippen LogP contribution in [0.2, 0.25) is 0 Å². The summed E-state index contributed by atoms with van der Waals surface area (Å²) in [5.41, 5.74) is 2.40. The van der Waals surface area contributed by atoms with Crippen LogP contribution in [0, 0.1) is 6.92 Å². The van der Waals surface area contributed by atoms with E-state index < -0.39 is 16.9 Å². The van der Waals surface area contributed by atoms with E-state index in [-0.39, 0.29) is 23.1 Å². The molecule has 3 rings (SSSR count). The summed E-state index contributed by atoms with van der Waals surface area (Å²) < 4.78 is 0. The van der Waals surface area contributed by atoms with Gasteiger partial charge in [0.2, 0.25) is 0 Å². The van der Waals surface area contributed by atoms with Gasteiger partial charge in [-0.25, -0.2) is 9.59 Å². The fraction of sp³-hybridized carbons (Fsp3) is 0.143. The number of hydrogen-bond donors (Lipinski definition) is 3. The number of dihydropyridines is 1. The maximum absolute atomic E-state index is 11.8. The molecule has 2 aromatic carbocycles. The lowest BCUT2D eigenvalue weighted by Crippen LogP contribution is -2.40. The predicted molar refractivity (Wildman–Crippen MR) is 104 cm³/mol. The molecule has 1 unspecified atom stereocenters. The number of aromatic carboxylic acids is 2. The van der Waals surface area contributed by atoms with Gasteiger partial charge in [-0.1, -0.05) is 54.1 Å². The summed E-state index contributed by atoms with van der Waals surface area (Å²) in [6, 6.07) is 12.6. The van der Waals surface area contributed by atoms with E-state index in [1.165, 1.54) is 19.1 Å². The van der Waals surface area contributed by atoms with Crippen LogP contribution in [-0.4, -0.2) is 27.1 Å². The summed E-state index contributed by atoms with van der Waals surface area (Å²) in [7, 11) is 0. The van der Waals surface area contributed by atoms with Gasteiger partial charge in [-0.3, -0.25) is 0 Å². The predicted octanol–water partition coefficient (Wildman–Crippen LogP) is 4.07. The molecule has 0 radical (unpaired) electrons. The van der Waals surface area contributed by atoms with Crippen molar-refractivity contribution in [2.45, 2.75) is 18.3 Å². The first kappa shape index (κ1) is 18.7. The van der Waals surface area contributed by atoms with Crippen LogP contribution in [0.3, 0.4) is 0 Å². The number of carboxylic acids is 2. The van der Waals surface area contributed by atoms with Crippen molar-refractivity contribution in [2.24, 2.45) is 0 Å². The smallest absolute Gasteiger partial charge is 0.336 e. The van der Waals surface area contributed by atoms with Gasteiger partial charge in [-0.05, 0) is 41.8 Å². The Kier molecular flexibility index (Phi) is 5.06. The number of nitrogens with one attached hydrogen (secondary N) is 1. The number of hydrogen-bond acceptors (Lipinski definition) is 3. The maximum Gasteiger partial charge on any atom is 0.336 e. The number of carboxylic acid groups (broad SMARTS) is 2. The van der Waals surface area contributed by atoms with E-state index >= 15 is 0 Å². The van der Waals surface area contributed by atoms with E-state index in [9.17, 15) is 19.8 Å².